The summed E-state index contributed by atoms with van der Waals surface area (Å²) in [5.74, 6) is -0.281. The van der Waals surface area contributed by atoms with Crippen LogP contribution in [0.1, 0.15) is 25.3 Å². The van der Waals surface area contributed by atoms with Crippen LogP contribution in [0.5, 0.6) is 0 Å². The van der Waals surface area contributed by atoms with Gasteiger partial charge >= 0.3 is 12.2 Å². The second-order valence-electron chi connectivity index (χ2n) is 3.37. The van der Waals surface area contributed by atoms with Crippen molar-refractivity contribution in [2.24, 2.45) is 11.5 Å². The van der Waals surface area contributed by atoms with E-state index in [1.165, 1.54) is 0 Å². The number of rotatable bonds is 5. The van der Waals surface area contributed by atoms with Crippen LogP contribution in [-0.2, 0) is 9.47 Å². The zero-order valence-corrected chi connectivity index (χ0v) is 11.2. The first-order chi connectivity index (χ1) is 9.09. The summed E-state index contributed by atoms with van der Waals surface area (Å²) in [6, 6.07) is 9.18. The number of amides is 2. The van der Waals surface area contributed by atoms with Gasteiger partial charge in [-0.15, -0.1) is 0 Å². The summed E-state index contributed by atoms with van der Waals surface area (Å²) in [6.45, 7) is 4.07. The van der Waals surface area contributed by atoms with E-state index < -0.39 is 12.2 Å². The fourth-order valence-electron chi connectivity index (χ4n) is 1.33. The molecule has 1 aromatic carbocycles. The first-order valence-corrected chi connectivity index (χ1v) is 5.99. The summed E-state index contributed by atoms with van der Waals surface area (Å²) in [5, 5.41) is 0. The van der Waals surface area contributed by atoms with Gasteiger partial charge in [-0.2, -0.15) is 0 Å². The van der Waals surface area contributed by atoms with Crippen LogP contribution in [0, 0.1) is 0 Å². The predicted molar refractivity (Wildman–Crippen MR) is 71.6 cm³/mol. The molecule has 106 valence electrons. The average Bonchev–Trinajstić information content (AvgIpc) is 2.41. The van der Waals surface area contributed by atoms with E-state index in [1.807, 2.05) is 44.2 Å². The number of hydrogen-bond acceptors (Lipinski definition) is 4. The number of carbonyl (C=O) groups excluding carboxylic acids is 2. The quantitative estimate of drug-likeness (QED) is 0.851. The largest absolute Gasteiger partial charge is 0.449 e. The third kappa shape index (κ3) is 7.64. The summed E-state index contributed by atoms with van der Waals surface area (Å²) in [5.41, 5.74) is 10.6. The van der Waals surface area contributed by atoms with Crippen LogP contribution in [0.25, 0.3) is 0 Å². The van der Waals surface area contributed by atoms with Gasteiger partial charge in [0, 0.05) is 0 Å². The summed E-state index contributed by atoms with van der Waals surface area (Å²) in [7, 11) is 0. The highest BCUT2D eigenvalue weighted by atomic mass is 16.6. The molecule has 0 atom stereocenters. The minimum absolute atomic E-state index is 0.0344. The Kier molecular flexibility index (Phi) is 8.61. The third-order valence-corrected chi connectivity index (χ3v) is 2.12. The van der Waals surface area contributed by atoms with Gasteiger partial charge in [0.05, 0.1) is 5.92 Å². The lowest BCUT2D eigenvalue weighted by atomic mass is 10.0. The highest BCUT2D eigenvalue weighted by Gasteiger charge is 2.15. The lowest BCUT2D eigenvalue weighted by Gasteiger charge is -2.16. The number of primary amides is 2. The van der Waals surface area contributed by atoms with Crippen molar-refractivity contribution in [3.05, 3.63) is 35.9 Å². The molecule has 2 amide bonds. The lowest BCUT2D eigenvalue weighted by Crippen LogP contribution is -2.23. The monoisotopic (exact) mass is 268 g/mol. The first kappa shape index (κ1) is 16.8. The van der Waals surface area contributed by atoms with E-state index in [9.17, 15) is 9.59 Å². The number of hydrogen-bond donors (Lipinski definition) is 2. The molecule has 4 N–H and O–H groups in total. The van der Waals surface area contributed by atoms with Crippen LogP contribution >= 0.6 is 0 Å². The third-order valence-electron chi connectivity index (χ3n) is 2.12. The van der Waals surface area contributed by atoms with Crippen LogP contribution in [0.4, 0.5) is 9.59 Å². The predicted octanol–water partition coefficient (Wildman–Crippen LogP) is 1.99. The molecule has 1 rings (SSSR count). The van der Waals surface area contributed by atoms with E-state index in [1.54, 1.807) is 0 Å². The van der Waals surface area contributed by atoms with Crippen molar-refractivity contribution in [1.29, 1.82) is 0 Å². The van der Waals surface area contributed by atoms with E-state index in [0.717, 1.165) is 5.56 Å². The Morgan fingerprint density at radius 1 is 1.00 bits per heavy atom. The Morgan fingerprint density at radius 2 is 1.42 bits per heavy atom. The second-order valence-corrected chi connectivity index (χ2v) is 3.37. The second kappa shape index (κ2) is 9.76. The van der Waals surface area contributed by atoms with Gasteiger partial charge in [0.1, 0.15) is 13.2 Å². The van der Waals surface area contributed by atoms with Crippen molar-refractivity contribution < 1.29 is 19.1 Å². The zero-order valence-electron chi connectivity index (χ0n) is 11.2. The molecule has 6 nitrogen and oxygen atoms in total. The molecule has 1 aromatic rings. The smallest absolute Gasteiger partial charge is 0.404 e. The van der Waals surface area contributed by atoms with Crippen LogP contribution in [0.15, 0.2) is 30.3 Å². The fourth-order valence-corrected chi connectivity index (χ4v) is 1.33. The zero-order chi connectivity index (χ0) is 14.7. The molecule has 0 bridgehead atoms. The minimum Gasteiger partial charge on any atom is -0.449 e. The van der Waals surface area contributed by atoms with Crippen molar-refractivity contribution in [3.8, 4) is 0 Å². The molecule has 0 aliphatic rings. The van der Waals surface area contributed by atoms with Crippen molar-refractivity contribution in [2.45, 2.75) is 19.8 Å². The van der Waals surface area contributed by atoms with E-state index in [-0.39, 0.29) is 19.1 Å². The Labute approximate surface area is 112 Å². The summed E-state index contributed by atoms with van der Waals surface area (Å²) >= 11 is 0. The Hall–Kier alpha value is -2.24. The number of ether oxygens (including phenoxy) is 2. The molecule has 0 aromatic heterocycles. The van der Waals surface area contributed by atoms with Crippen molar-refractivity contribution in [2.75, 3.05) is 13.2 Å². The fraction of sp³-hybridized carbons (Fsp3) is 0.385. The van der Waals surface area contributed by atoms with Crippen LogP contribution < -0.4 is 11.5 Å². The number of benzene rings is 1. The standard InChI is InChI=1S/C11H14N2O4.C2H6/c12-10(14)16-6-9(7-17-11(13)15)8-4-2-1-3-5-8;1-2/h1-5,9H,6-7H2,(H2,12,14)(H2,13,15);1-2H3. The molecule has 0 aliphatic carbocycles. The van der Waals surface area contributed by atoms with Gasteiger partial charge in [-0.25, -0.2) is 9.59 Å². The maximum atomic E-state index is 10.5. The molecule has 19 heavy (non-hydrogen) atoms. The van der Waals surface area contributed by atoms with Crippen molar-refractivity contribution in [3.63, 3.8) is 0 Å². The molecule has 0 radical (unpaired) electrons. The molecular weight excluding hydrogens is 248 g/mol. The van der Waals surface area contributed by atoms with Crippen LogP contribution in [0.3, 0.4) is 0 Å². The molecule has 0 fully saturated rings. The van der Waals surface area contributed by atoms with Gasteiger partial charge in [-0.3, -0.25) is 0 Å². The van der Waals surface area contributed by atoms with Crippen LogP contribution in [-0.4, -0.2) is 25.4 Å². The van der Waals surface area contributed by atoms with Gasteiger partial charge in [-0.1, -0.05) is 44.2 Å². The highest BCUT2D eigenvalue weighted by molar-refractivity contribution is 5.65. The SMILES string of the molecule is CC.NC(=O)OCC(COC(N)=O)c1ccccc1. The molecule has 6 heteroatoms. The number of nitrogens with two attached hydrogens (primary N) is 2. The Balaban J connectivity index is 0.00000154. The highest BCUT2D eigenvalue weighted by Crippen LogP contribution is 2.16. The lowest BCUT2D eigenvalue weighted by molar-refractivity contribution is 0.116. The molecule has 0 unspecified atom stereocenters. The molecule has 0 heterocycles. The normalized spacial score (nSPS) is 9.21. The summed E-state index contributed by atoms with van der Waals surface area (Å²) in [4.78, 5) is 21.1. The number of carbonyl (C=O) groups is 2. The van der Waals surface area contributed by atoms with Crippen molar-refractivity contribution >= 4 is 12.2 Å². The van der Waals surface area contributed by atoms with Crippen LogP contribution in [0.2, 0.25) is 0 Å². The average molecular weight is 268 g/mol. The van der Waals surface area contributed by atoms with E-state index >= 15 is 0 Å². The van der Waals surface area contributed by atoms with Gasteiger partial charge < -0.3 is 20.9 Å². The maximum absolute atomic E-state index is 10.5. The van der Waals surface area contributed by atoms with E-state index in [4.69, 9.17) is 20.9 Å². The van der Waals surface area contributed by atoms with Gasteiger partial charge in [-0.05, 0) is 5.56 Å². The van der Waals surface area contributed by atoms with Gasteiger partial charge in [0.15, 0.2) is 0 Å². The van der Waals surface area contributed by atoms with E-state index in [0.29, 0.717) is 0 Å². The minimum atomic E-state index is -0.870. The van der Waals surface area contributed by atoms with Gasteiger partial charge in [0.25, 0.3) is 0 Å². The Bertz CT molecular complexity index is 363. The Morgan fingerprint density at radius 3 is 1.79 bits per heavy atom. The maximum Gasteiger partial charge on any atom is 0.404 e. The van der Waals surface area contributed by atoms with E-state index in [2.05, 4.69) is 0 Å². The first-order valence-electron chi connectivity index (χ1n) is 5.99. The molecule has 0 spiro atoms. The molecule has 0 aliphatic heterocycles. The molecule has 0 saturated heterocycles. The molecular formula is C13H20N2O4. The summed E-state index contributed by atoms with van der Waals surface area (Å²) in [6.07, 6.45) is -1.74. The van der Waals surface area contributed by atoms with Crippen molar-refractivity contribution in [1.82, 2.24) is 0 Å². The molecule has 0 saturated carbocycles. The summed E-state index contributed by atoms with van der Waals surface area (Å²) < 4.78 is 9.39. The van der Waals surface area contributed by atoms with Gasteiger partial charge in [0.2, 0.25) is 0 Å². The topological polar surface area (TPSA) is 105 Å².